The lowest BCUT2D eigenvalue weighted by Crippen LogP contribution is -2.67. The number of aryl methyl sites for hydroxylation is 1. The second-order valence-corrected chi connectivity index (χ2v) is 5.96. The van der Waals surface area contributed by atoms with Crippen LogP contribution in [0.2, 0.25) is 0 Å². The summed E-state index contributed by atoms with van der Waals surface area (Å²) >= 11 is 0. The van der Waals surface area contributed by atoms with Crippen LogP contribution in [0.5, 0.6) is 0 Å². The summed E-state index contributed by atoms with van der Waals surface area (Å²) in [5, 5.41) is 7.03. The van der Waals surface area contributed by atoms with Crippen molar-refractivity contribution in [2.75, 3.05) is 6.54 Å². The lowest BCUT2D eigenvalue weighted by Gasteiger charge is -2.47. The van der Waals surface area contributed by atoms with E-state index in [-0.39, 0.29) is 18.4 Å². The molecule has 0 radical (unpaired) electrons. The molecule has 2 heterocycles. The van der Waals surface area contributed by atoms with Crippen molar-refractivity contribution in [3.05, 3.63) is 18.0 Å². The van der Waals surface area contributed by atoms with Gasteiger partial charge in [0.25, 0.3) is 0 Å². The van der Waals surface area contributed by atoms with Crippen LogP contribution in [0.4, 0.5) is 0 Å². The van der Waals surface area contributed by atoms with Crippen molar-refractivity contribution in [1.29, 1.82) is 0 Å². The third-order valence-electron chi connectivity index (χ3n) is 4.67. The summed E-state index contributed by atoms with van der Waals surface area (Å²) < 4.78 is 1.84. The van der Waals surface area contributed by atoms with Crippen LogP contribution in [0.15, 0.2) is 12.4 Å². The third-order valence-corrected chi connectivity index (χ3v) is 4.67. The van der Waals surface area contributed by atoms with Gasteiger partial charge in [-0.3, -0.25) is 14.3 Å². The molecule has 0 atom stereocenters. The minimum atomic E-state index is -0.637. The van der Waals surface area contributed by atoms with E-state index in [9.17, 15) is 9.59 Å². The average Bonchev–Trinajstić information content (AvgIpc) is 2.97. The molecule has 3 rings (SSSR count). The van der Waals surface area contributed by atoms with E-state index in [4.69, 9.17) is 0 Å². The van der Waals surface area contributed by atoms with Crippen molar-refractivity contribution in [1.82, 2.24) is 20.0 Å². The van der Waals surface area contributed by atoms with Gasteiger partial charge in [0.05, 0.1) is 12.7 Å². The molecule has 2 fully saturated rings. The number of nitrogens with one attached hydrogen (secondary N) is 1. The second kappa shape index (κ2) is 5.50. The van der Waals surface area contributed by atoms with Crippen LogP contribution in [0.1, 0.15) is 44.6 Å². The highest BCUT2D eigenvalue weighted by Gasteiger charge is 2.49. The van der Waals surface area contributed by atoms with Gasteiger partial charge in [0.15, 0.2) is 0 Å². The Kier molecular flexibility index (Phi) is 3.69. The van der Waals surface area contributed by atoms with Gasteiger partial charge in [0.1, 0.15) is 5.54 Å². The molecule has 0 aromatic carbocycles. The SMILES string of the molecule is CCn1cc(CN2C(=O)CNC(=O)C23CCCCC3)cn1. The van der Waals surface area contributed by atoms with Crippen molar-refractivity contribution < 1.29 is 9.59 Å². The first kappa shape index (κ1) is 14.1. The summed E-state index contributed by atoms with van der Waals surface area (Å²) in [7, 11) is 0. The van der Waals surface area contributed by atoms with E-state index in [1.54, 1.807) is 11.1 Å². The molecule has 2 amide bonds. The lowest BCUT2D eigenvalue weighted by molar-refractivity contribution is -0.157. The molecular weight excluding hydrogens is 268 g/mol. The number of hydrogen-bond acceptors (Lipinski definition) is 3. The molecule has 1 aromatic rings. The average molecular weight is 290 g/mol. The molecule has 114 valence electrons. The van der Waals surface area contributed by atoms with E-state index < -0.39 is 5.54 Å². The Bertz CT molecular complexity index is 546. The summed E-state index contributed by atoms with van der Waals surface area (Å²) in [6.45, 7) is 3.42. The van der Waals surface area contributed by atoms with Crippen LogP contribution in [-0.2, 0) is 22.7 Å². The maximum absolute atomic E-state index is 12.5. The van der Waals surface area contributed by atoms with Crippen molar-refractivity contribution in [2.24, 2.45) is 0 Å². The Morgan fingerprint density at radius 2 is 2.05 bits per heavy atom. The molecule has 1 aromatic heterocycles. The normalized spacial score (nSPS) is 21.7. The number of nitrogens with zero attached hydrogens (tertiary/aromatic N) is 3. The standard InChI is InChI=1S/C15H22N4O2/c1-2-18-10-12(8-17-18)11-19-13(20)9-16-14(21)15(19)6-4-3-5-7-15/h8,10H,2-7,9,11H2,1H3,(H,16,21). The molecule has 2 aliphatic rings. The van der Waals surface area contributed by atoms with Crippen LogP contribution < -0.4 is 5.32 Å². The fraction of sp³-hybridized carbons (Fsp3) is 0.667. The Hall–Kier alpha value is -1.85. The molecule has 0 unspecified atom stereocenters. The molecule has 1 spiro atoms. The summed E-state index contributed by atoms with van der Waals surface area (Å²) in [5.41, 5.74) is 0.354. The van der Waals surface area contributed by atoms with E-state index in [1.165, 1.54) is 0 Å². The molecule has 1 saturated heterocycles. The zero-order valence-electron chi connectivity index (χ0n) is 12.5. The Labute approximate surface area is 124 Å². The van der Waals surface area contributed by atoms with Crippen LogP contribution in [0.25, 0.3) is 0 Å². The molecule has 1 aliphatic heterocycles. The molecule has 1 N–H and O–H groups in total. The number of rotatable bonds is 3. The zero-order valence-corrected chi connectivity index (χ0v) is 12.5. The van der Waals surface area contributed by atoms with Gasteiger partial charge in [0, 0.05) is 24.8 Å². The van der Waals surface area contributed by atoms with Crippen molar-refractivity contribution in [2.45, 2.75) is 57.7 Å². The minimum absolute atomic E-state index is 0.0146. The number of aromatic nitrogens is 2. The predicted molar refractivity (Wildman–Crippen MR) is 77.3 cm³/mol. The zero-order chi connectivity index (χ0) is 14.9. The van der Waals surface area contributed by atoms with Gasteiger partial charge in [-0.15, -0.1) is 0 Å². The van der Waals surface area contributed by atoms with Crippen LogP contribution in [0.3, 0.4) is 0 Å². The van der Waals surface area contributed by atoms with Crippen molar-refractivity contribution in [3.63, 3.8) is 0 Å². The molecule has 1 saturated carbocycles. The largest absolute Gasteiger partial charge is 0.345 e. The number of amides is 2. The van der Waals surface area contributed by atoms with E-state index in [0.29, 0.717) is 6.54 Å². The first-order chi connectivity index (χ1) is 10.2. The monoisotopic (exact) mass is 290 g/mol. The van der Waals surface area contributed by atoms with Crippen molar-refractivity contribution in [3.8, 4) is 0 Å². The molecule has 0 bridgehead atoms. The van der Waals surface area contributed by atoms with Gasteiger partial charge in [-0.1, -0.05) is 19.3 Å². The predicted octanol–water partition coefficient (Wildman–Crippen LogP) is 1.06. The highest BCUT2D eigenvalue weighted by atomic mass is 16.2. The highest BCUT2D eigenvalue weighted by molar-refractivity contribution is 5.98. The van der Waals surface area contributed by atoms with E-state index in [1.807, 2.05) is 17.8 Å². The topological polar surface area (TPSA) is 67.2 Å². The number of hydrogen-bond donors (Lipinski definition) is 1. The first-order valence-electron chi connectivity index (χ1n) is 7.76. The van der Waals surface area contributed by atoms with E-state index in [2.05, 4.69) is 10.4 Å². The fourth-order valence-corrected chi connectivity index (χ4v) is 3.49. The highest BCUT2D eigenvalue weighted by Crippen LogP contribution is 2.36. The molecule has 6 heteroatoms. The van der Waals surface area contributed by atoms with Gasteiger partial charge in [-0.05, 0) is 19.8 Å². The summed E-state index contributed by atoms with van der Waals surface area (Å²) in [6, 6.07) is 0. The van der Waals surface area contributed by atoms with Crippen LogP contribution in [-0.4, -0.2) is 38.6 Å². The Morgan fingerprint density at radius 3 is 2.71 bits per heavy atom. The fourth-order valence-electron chi connectivity index (χ4n) is 3.49. The van der Waals surface area contributed by atoms with Gasteiger partial charge in [-0.2, -0.15) is 5.10 Å². The first-order valence-corrected chi connectivity index (χ1v) is 7.76. The third kappa shape index (κ3) is 2.43. The number of carbonyl (C=O) groups excluding carboxylic acids is 2. The smallest absolute Gasteiger partial charge is 0.246 e. The lowest BCUT2D eigenvalue weighted by atomic mass is 9.78. The van der Waals surface area contributed by atoms with Gasteiger partial charge >= 0.3 is 0 Å². The van der Waals surface area contributed by atoms with Gasteiger partial charge < -0.3 is 10.2 Å². The van der Waals surface area contributed by atoms with Crippen LogP contribution in [0, 0.1) is 0 Å². The molecule has 6 nitrogen and oxygen atoms in total. The van der Waals surface area contributed by atoms with E-state index >= 15 is 0 Å². The van der Waals surface area contributed by atoms with Gasteiger partial charge in [0.2, 0.25) is 11.8 Å². The maximum Gasteiger partial charge on any atom is 0.246 e. The minimum Gasteiger partial charge on any atom is -0.345 e. The summed E-state index contributed by atoms with van der Waals surface area (Å²) in [5.74, 6) is 0.0328. The summed E-state index contributed by atoms with van der Waals surface area (Å²) in [4.78, 5) is 26.6. The van der Waals surface area contributed by atoms with Gasteiger partial charge in [-0.25, -0.2) is 0 Å². The summed E-state index contributed by atoms with van der Waals surface area (Å²) in [6.07, 6.45) is 8.44. The molecular formula is C15H22N4O2. The van der Waals surface area contributed by atoms with E-state index in [0.717, 1.165) is 44.2 Å². The molecule has 21 heavy (non-hydrogen) atoms. The maximum atomic E-state index is 12.5. The Morgan fingerprint density at radius 1 is 1.29 bits per heavy atom. The Balaban J connectivity index is 1.87. The number of carbonyl (C=O) groups is 2. The second-order valence-electron chi connectivity index (χ2n) is 5.96. The van der Waals surface area contributed by atoms with Crippen molar-refractivity contribution >= 4 is 11.8 Å². The number of piperazine rings is 1. The van der Waals surface area contributed by atoms with Crippen LogP contribution >= 0.6 is 0 Å². The quantitative estimate of drug-likeness (QED) is 0.905. The molecule has 1 aliphatic carbocycles.